The lowest BCUT2D eigenvalue weighted by Crippen LogP contribution is -2.39. The highest BCUT2D eigenvalue weighted by molar-refractivity contribution is 5.78. The second-order valence-electron chi connectivity index (χ2n) is 9.27. The van der Waals surface area contributed by atoms with E-state index in [1.807, 2.05) is 6.20 Å². The molecule has 0 bridgehead atoms. The van der Waals surface area contributed by atoms with Gasteiger partial charge in [0.15, 0.2) is 0 Å². The van der Waals surface area contributed by atoms with Gasteiger partial charge >= 0.3 is 0 Å². The summed E-state index contributed by atoms with van der Waals surface area (Å²) in [5.74, 6) is 0.676. The number of hydrogen-bond donors (Lipinski definition) is 1. The Morgan fingerprint density at radius 1 is 1.21 bits per heavy atom. The number of benzene rings is 1. The number of rotatable bonds is 4. The summed E-state index contributed by atoms with van der Waals surface area (Å²) in [6.45, 7) is 8.99. The fraction of sp³-hybridized carbons (Fsp3) is 0.565. The zero-order chi connectivity index (χ0) is 19.7. The third-order valence-electron chi connectivity index (χ3n) is 6.06. The Bertz CT molecular complexity index is 821. The molecule has 2 aliphatic rings. The molecule has 2 aromatic rings. The summed E-state index contributed by atoms with van der Waals surface area (Å²) in [5.41, 5.74) is 3.85. The van der Waals surface area contributed by atoms with Gasteiger partial charge in [-0.3, -0.25) is 14.4 Å². The summed E-state index contributed by atoms with van der Waals surface area (Å²) in [6.07, 6.45) is 6.24. The largest absolute Gasteiger partial charge is 0.348 e. The summed E-state index contributed by atoms with van der Waals surface area (Å²) in [5, 5.41) is 7.92. The first-order valence-corrected chi connectivity index (χ1v) is 10.6. The topological polar surface area (TPSA) is 50.2 Å². The normalized spacial score (nSPS) is 22.8. The van der Waals surface area contributed by atoms with Crippen LogP contribution in [0.15, 0.2) is 36.5 Å². The van der Waals surface area contributed by atoms with Gasteiger partial charge in [-0.1, -0.05) is 30.3 Å². The summed E-state index contributed by atoms with van der Waals surface area (Å²) in [4.78, 5) is 15.0. The van der Waals surface area contributed by atoms with Crippen LogP contribution in [0.3, 0.4) is 0 Å². The van der Waals surface area contributed by atoms with E-state index in [-0.39, 0.29) is 17.5 Å². The minimum absolute atomic E-state index is 0.0263. The maximum Gasteiger partial charge on any atom is 0.234 e. The third kappa shape index (κ3) is 4.00. The molecule has 4 rings (SSSR count). The van der Waals surface area contributed by atoms with Gasteiger partial charge in [0.2, 0.25) is 5.91 Å². The molecule has 0 saturated carbocycles. The molecule has 2 heterocycles. The van der Waals surface area contributed by atoms with Crippen LogP contribution in [0.2, 0.25) is 0 Å². The monoisotopic (exact) mass is 380 g/mol. The number of nitrogens with zero attached hydrogens (tertiary/aromatic N) is 3. The molecule has 0 radical (unpaired) electrons. The summed E-state index contributed by atoms with van der Waals surface area (Å²) >= 11 is 0. The molecule has 5 nitrogen and oxygen atoms in total. The van der Waals surface area contributed by atoms with Crippen LogP contribution in [0.25, 0.3) is 0 Å². The molecule has 1 amide bonds. The van der Waals surface area contributed by atoms with E-state index in [9.17, 15) is 4.79 Å². The number of aromatic nitrogens is 2. The molecule has 150 valence electrons. The van der Waals surface area contributed by atoms with E-state index in [0.717, 1.165) is 38.8 Å². The van der Waals surface area contributed by atoms with Crippen LogP contribution in [0.4, 0.5) is 0 Å². The highest BCUT2D eigenvalue weighted by Crippen LogP contribution is 2.32. The molecule has 2 atom stereocenters. The minimum Gasteiger partial charge on any atom is -0.348 e. The standard InChI is InChI=1S/C23H32N4O/c1-23(2,3)27-21-11-7-10-20(19(21)14-24-27)25-22(28)16-26-13-12-18(15-26)17-8-5-4-6-9-17/h4-6,8-9,14,18,20H,7,10-13,15-16H2,1-3H3,(H,25,28)/t18-,20+/m0/s1. The van der Waals surface area contributed by atoms with Crippen molar-refractivity contribution >= 4 is 5.91 Å². The van der Waals surface area contributed by atoms with Crippen LogP contribution in [-0.2, 0) is 16.8 Å². The lowest BCUT2D eigenvalue weighted by molar-refractivity contribution is -0.122. The van der Waals surface area contributed by atoms with Crippen LogP contribution >= 0.6 is 0 Å². The lowest BCUT2D eigenvalue weighted by Gasteiger charge is -2.28. The number of carbonyl (C=O) groups is 1. The smallest absolute Gasteiger partial charge is 0.234 e. The molecular weight excluding hydrogens is 348 g/mol. The van der Waals surface area contributed by atoms with Gasteiger partial charge < -0.3 is 5.32 Å². The van der Waals surface area contributed by atoms with Crippen molar-refractivity contribution in [3.8, 4) is 0 Å². The predicted octanol–water partition coefficient (Wildman–Crippen LogP) is 3.62. The molecule has 5 heteroatoms. The van der Waals surface area contributed by atoms with Gasteiger partial charge in [0.25, 0.3) is 0 Å². The first kappa shape index (κ1) is 19.2. The molecule has 0 spiro atoms. The number of likely N-dealkylation sites (tertiary alicyclic amines) is 1. The number of hydrogen-bond acceptors (Lipinski definition) is 3. The van der Waals surface area contributed by atoms with Crippen LogP contribution in [-0.4, -0.2) is 40.2 Å². The Balaban J connectivity index is 1.36. The molecule has 1 saturated heterocycles. The van der Waals surface area contributed by atoms with E-state index in [2.05, 4.69) is 71.1 Å². The van der Waals surface area contributed by atoms with E-state index in [0.29, 0.717) is 12.5 Å². The molecule has 1 N–H and O–H groups in total. The highest BCUT2D eigenvalue weighted by atomic mass is 16.2. The predicted molar refractivity (Wildman–Crippen MR) is 111 cm³/mol. The first-order chi connectivity index (χ1) is 13.4. The molecule has 1 aliphatic heterocycles. The molecule has 0 unspecified atom stereocenters. The van der Waals surface area contributed by atoms with Crippen molar-refractivity contribution in [1.29, 1.82) is 0 Å². The summed E-state index contributed by atoms with van der Waals surface area (Å²) in [7, 11) is 0. The van der Waals surface area contributed by atoms with E-state index < -0.39 is 0 Å². The molecule has 28 heavy (non-hydrogen) atoms. The number of amides is 1. The zero-order valence-corrected chi connectivity index (χ0v) is 17.3. The highest BCUT2D eigenvalue weighted by Gasteiger charge is 2.30. The average molecular weight is 381 g/mol. The van der Waals surface area contributed by atoms with E-state index in [4.69, 9.17) is 0 Å². The fourth-order valence-corrected chi connectivity index (χ4v) is 4.70. The zero-order valence-electron chi connectivity index (χ0n) is 17.3. The number of fused-ring (bicyclic) bond motifs is 1. The number of nitrogens with one attached hydrogen (secondary N) is 1. The minimum atomic E-state index is -0.0263. The van der Waals surface area contributed by atoms with Crippen molar-refractivity contribution in [2.45, 2.75) is 64.0 Å². The first-order valence-electron chi connectivity index (χ1n) is 10.6. The number of carbonyl (C=O) groups excluding carboxylic acids is 1. The molecule has 1 aliphatic carbocycles. The third-order valence-corrected chi connectivity index (χ3v) is 6.06. The second kappa shape index (κ2) is 7.70. The van der Waals surface area contributed by atoms with Crippen molar-refractivity contribution in [2.75, 3.05) is 19.6 Å². The molecule has 1 aromatic carbocycles. The maximum absolute atomic E-state index is 12.7. The Hall–Kier alpha value is -2.14. The quantitative estimate of drug-likeness (QED) is 0.881. The van der Waals surface area contributed by atoms with Crippen molar-refractivity contribution in [3.63, 3.8) is 0 Å². The Morgan fingerprint density at radius 2 is 2.00 bits per heavy atom. The Labute approximate surface area is 168 Å². The molecular formula is C23H32N4O. The van der Waals surface area contributed by atoms with Crippen LogP contribution in [0, 0.1) is 0 Å². The van der Waals surface area contributed by atoms with Crippen molar-refractivity contribution in [3.05, 3.63) is 53.3 Å². The van der Waals surface area contributed by atoms with Gasteiger partial charge in [-0.05, 0) is 64.5 Å². The van der Waals surface area contributed by atoms with Gasteiger partial charge in [0.05, 0.1) is 24.3 Å². The SMILES string of the molecule is CC(C)(C)n1ncc2c1CCC[C@H]2NC(=O)CN1CC[C@H](c2ccccc2)C1. The van der Waals surface area contributed by atoms with Gasteiger partial charge in [-0.25, -0.2) is 0 Å². The van der Waals surface area contributed by atoms with Crippen LogP contribution in [0.5, 0.6) is 0 Å². The van der Waals surface area contributed by atoms with Crippen molar-refractivity contribution in [1.82, 2.24) is 20.0 Å². The van der Waals surface area contributed by atoms with Gasteiger partial charge in [-0.2, -0.15) is 5.10 Å². The van der Waals surface area contributed by atoms with E-state index >= 15 is 0 Å². The van der Waals surface area contributed by atoms with E-state index in [1.54, 1.807) is 0 Å². The average Bonchev–Trinajstić information content (AvgIpc) is 3.29. The summed E-state index contributed by atoms with van der Waals surface area (Å²) in [6, 6.07) is 10.8. The Kier molecular flexibility index (Phi) is 5.28. The molecule has 1 aromatic heterocycles. The van der Waals surface area contributed by atoms with Crippen molar-refractivity contribution < 1.29 is 4.79 Å². The van der Waals surface area contributed by atoms with E-state index in [1.165, 1.54) is 16.8 Å². The van der Waals surface area contributed by atoms with Crippen molar-refractivity contribution in [2.24, 2.45) is 0 Å². The lowest BCUT2D eigenvalue weighted by atomic mass is 9.92. The fourth-order valence-electron chi connectivity index (χ4n) is 4.70. The second-order valence-corrected chi connectivity index (χ2v) is 9.27. The summed E-state index contributed by atoms with van der Waals surface area (Å²) < 4.78 is 2.13. The van der Waals surface area contributed by atoms with Crippen LogP contribution < -0.4 is 5.32 Å². The van der Waals surface area contributed by atoms with Gasteiger partial charge in [0.1, 0.15) is 0 Å². The Morgan fingerprint density at radius 3 is 2.75 bits per heavy atom. The van der Waals surface area contributed by atoms with Gasteiger partial charge in [0, 0.05) is 17.8 Å². The maximum atomic E-state index is 12.7. The molecule has 1 fully saturated rings. The van der Waals surface area contributed by atoms with Crippen LogP contribution in [0.1, 0.15) is 68.8 Å². The van der Waals surface area contributed by atoms with Gasteiger partial charge in [-0.15, -0.1) is 0 Å².